The SMILES string of the molecule is COc1ccc(C23CN(C(C)(C)C)CC(c4ccc(OC)cc4)(CN(C(C)(C)C)C2)C3=O)cc1. The molecular weight excluding hydrogens is 424 g/mol. The standard InChI is InChI=1S/C29H40N2O3/c1-26(2,3)30-17-28(21-9-13-23(33-7)14-10-21)19-31(27(4,5)6)20-29(18-30,25(28)32)22-11-15-24(34-8)16-12-22/h9-16H,17-20H2,1-8H3. The highest BCUT2D eigenvalue weighted by atomic mass is 16.5. The van der Waals surface area contributed by atoms with E-state index in [0.717, 1.165) is 22.6 Å². The van der Waals surface area contributed by atoms with Crippen LogP contribution in [0, 0.1) is 0 Å². The highest BCUT2D eigenvalue weighted by molar-refractivity contribution is 6.02. The number of benzene rings is 2. The average Bonchev–Trinajstić information content (AvgIpc) is 2.78. The zero-order valence-corrected chi connectivity index (χ0v) is 22.1. The summed E-state index contributed by atoms with van der Waals surface area (Å²) >= 11 is 0. The van der Waals surface area contributed by atoms with Gasteiger partial charge in [0.1, 0.15) is 11.5 Å². The Labute approximate surface area is 205 Å². The summed E-state index contributed by atoms with van der Waals surface area (Å²) in [5.41, 5.74) is 0.727. The maximum atomic E-state index is 14.8. The van der Waals surface area contributed by atoms with E-state index in [1.165, 1.54) is 0 Å². The molecule has 5 heteroatoms. The van der Waals surface area contributed by atoms with E-state index in [2.05, 4.69) is 75.6 Å². The molecule has 0 saturated carbocycles. The molecule has 2 aromatic rings. The summed E-state index contributed by atoms with van der Waals surface area (Å²) in [5, 5.41) is 0. The average molecular weight is 465 g/mol. The van der Waals surface area contributed by atoms with Gasteiger partial charge in [0.15, 0.2) is 5.78 Å². The number of rotatable bonds is 4. The molecular formula is C29H40N2O3. The van der Waals surface area contributed by atoms with E-state index in [4.69, 9.17) is 9.47 Å². The molecule has 0 N–H and O–H groups in total. The second-order valence-electron chi connectivity index (χ2n) is 12.0. The predicted molar refractivity (Wildman–Crippen MR) is 137 cm³/mol. The van der Waals surface area contributed by atoms with Gasteiger partial charge in [-0.1, -0.05) is 24.3 Å². The number of piperidine rings is 2. The zero-order valence-electron chi connectivity index (χ0n) is 22.1. The fraction of sp³-hybridized carbons (Fsp3) is 0.552. The first-order valence-corrected chi connectivity index (χ1v) is 12.2. The van der Waals surface area contributed by atoms with Gasteiger partial charge in [0.25, 0.3) is 0 Å². The van der Waals surface area contributed by atoms with Crippen molar-refractivity contribution in [3.05, 3.63) is 59.7 Å². The minimum Gasteiger partial charge on any atom is -0.497 e. The lowest BCUT2D eigenvalue weighted by atomic mass is 9.56. The Morgan fingerprint density at radius 2 is 0.912 bits per heavy atom. The van der Waals surface area contributed by atoms with E-state index in [9.17, 15) is 4.79 Å². The molecule has 4 rings (SSSR count). The molecule has 2 aliphatic heterocycles. The number of hydrogen-bond donors (Lipinski definition) is 0. The zero-order chi connectivity index (χ0) is 24.9. The monoisotopic (exact) mass is 464 g/mol. The van der Waals surface area contributed by atoms with E-state index in [1.807, 2.05) is 24.3 Å². The minimum atomic E-state index is -0.636. The topological polar surface area (TPSA) is 42.0 Å². The molecule has 2 heterocycles. The number of fused-ring (bicyclic) bond motifs is 2. The molecule has 2 aromatic carbocycles. The molecule has 2 saturated heterocycles. The summed E-state index contributed by atoms with van der Waals surface area (Å²) in [6, 6.07) is 16.3. The molecule has 0 amide bonds. The summed E-state index contributed by atoms with van der Waals surface area (Å²) in [4.78, 5) is 19.8. The fourth-order valence-corrected chi connectivity index (χ4v) is 5.66. The van der Waals surface area contributed by atoms with Crippen LogP contribution in [0.15, 0.2) is 48.5 Å². The lowest BCUT2D eigenvalue weighted by Gasteiger charge is -2.62. The Hall–Kier alpha value is -2.37. The smallest absolute Gasteiger partial charge is 0.159 e. The summed E-state index contributed by atoms with van der Waals surface area (Å²) in [6.07, 6.45) is 0. The largest absolute Gasteiger partial charge is 0.497 e. The fourth-order valence-electron chi connectivity index (χ4n) is 5.66. The number of ketones is 1. The first kappa shape index (κ1) is 24.7. The van der Waals surface area contributed by atoms with Crippen LogP contribution in [-0.2, 0) is 15.6 Å². The quantitative estimate of drug-likeness (QED) is 0.657. The Balaban J connectivity index is 1.96. The second kappa shape index (κ2) is 8.39. The molecule has 0 unspecified atom stereocenters. The van der Waals surface area contributed by atoms with Crippen molar-refractivity contribution >= 4 is 5.78 Å². The van der Waals surface area contributed by atoms with Crippen molar-refractivity contribution in [2.75, 3.05) is 40.4 Å². The minimum absolute atomic E-state index is 0.0694. The van der Waals surface area contributed by atoms with E-state index in [0.29, 0.717) is 32.0 Å². The molecule has 34 heavy (non-hydrogen) atoms. The van der Waals surface area contributed by atoms with Gasteiger partial charge in [-0.3, -0.25) is 14.6 Å². The summed E-state index contributed by atoms with van der Waals surface area (Å²) < 4.78 is 10.9. The highest BCUT2D eigenvalue weighted by Crippen LogP contribution is 2.49. The van der Waals surface area contributed by atoms with E-state index in [-0.39, 0.29) is 11.1 Å². The third-order valence-corrected chi connectivity index (χ3v) is 7.89. The van der Waals surface area contributed by atoms with Crippen LogP contribution < -0.4 is 9.47 Å². The molecule has 2 bridgehead atoms. The van der Waals surface area contributed by atoms with Crippen LogP contribution in [0.3, 0.4) is 0 Å². The molecule has 0 aromatic heterocycles. The van der Waals surface area contributed by atoms with Gasteiger partial charge in [-0.2, -0.15) is 0 Å². The van der Waals surface area contributed by atoms with Gasteiger partial charge in [-0.15, -0.1) is 0 Å². The number of likely N-dealkylation sites (tertiary alicyclic amines) is 2. The molecule has 5 nitrogen and oxygen atoms in total. The van der Waals surface area contributed by atoms with Gasteiger partial charge in [0.2, 0.25) is 0 Å². The number of hydrogen-bond acceptors (Lipinski definition) is 5. The van der Waals surface area contributed by atoms with Crippen LogP contribution in [-0.4, -0.2) is 67.1 Å². The normalized spacial score (nSPS) is 26.4. The third-order valence-electron chi connectivity index (χ3n) is 7.89. The molecule has 2 fully saturated rings. The second-order valence-corrected chi connectivity index (χ2v) is 12.0. The Morgan fingerprint density at radius 1 is 0.618 bits per heavy atom. The van der Waals surface area contributed by atoms with Crippen molar-refractivity contribution in [1.29, 1.82) is 0 Å². The van der Waals surface area contributed by atoms with E-state index >= 15 is 0 Å². The molecule has 0 atom stereocenters. The van der Waals surface area contributed by atoms with E-state index < -0.39 is 10.8 Å². The van der Waals surface area contributed by atoms with E-state index in [1.54, 1.807) is 14.2 Å². The molecule has 0 aliphatic carbocycles. The van der Waals surface area contributed by atoms with Gasteiger partial charge < -0.3 is 9.47 Å². The predicted octanol–water partition coefficient (Wildman–Crippen LogP) is 4.68. The van der Waals surface area contributed by atoms with Crippen molar-refractivity contribution in [3.63, 3.8) is 0 Å². The van der Waals surface area contributed by atoms with Crippen LogP contribution >= 0.6 is 0 Å². The van der Waals surface area contributed by atoms with Crippen LogP contribution in [0.4, 0.5) is 0 Å². The number of carbonyl (C=O) groups is 1. The van der Waals surface area contributed by atoms with Gasteiger partial charge in [0.05, 0.1) is 25.0 Å². The highest BCUT2D eigenvalue weighted by Gasteiger charge is 2.63. The number of Topliss-reactive ketones (excluding diaryl/α,β-unsaturated/α-hetero) is 1. The van der Waals surface area contributed by atoms with Gasteiger partial charge in [0, 0.05) is 37.3 Å². The molecule has 0 radical (unpaired) electrons. The Kier molecular flexibility index (Phi) is 6.10. The Bertz CT molecular complexity index is 934. The first-order valence-electron chi connectivity index (χ1n) is 12.2. The summed E-state index contributed by atoms with van der Waals surface area (Å²) in [6.45, 7) is 16.3. The van der Waals surface area contributed by atoms with Gasteiger partial charge in [-0.25, -0.2) is 0 Å². The number of ether oxygens (including phenoxy) is 2. The van der Waals surface area contributed by atoms with Crippen LogP contribution in [0.2, 0.25) is 0 Å². The lowest BCUT2D eigenvalue weighted by molar-refractivity contribution is -0.150. The maximum Gasteiger partial charge on any atom is 0.159 e. The third kappa shape index (κ3) is 4.03. The first-order chi connectivity index (χ1) is 15.9. The number of carbonyl (C=O) groups excluding carboxylic acids is 1. The summed E-state index contributed by atoms with van der Waals surface area (Å²) in [5.74, 6) is 1.94. The Morgan fingerprint density at radius 3 is 1.15 bits per heavy atom. The van der Waals surface area contributed by atoms with Crippen molar-refractivity contribution in [1.82, 2.24) is 9.80 Å². The molecule has 184 valence electrons. The van der Waals surface area contributed by atoms with Crippen molar-refractivity contribution < 1.29 is 14.3 Å². The van der Waals surface area contributed by atoms with Crippen molar-refractivity contribution in [2.45, 2.75) is 63.5 Å². The van der Waals surface area contributed by atoms with Crippen LogP contribution in [0.25, 0.3) is 0 Å². The lowest BCUT2D eigenvalue weighted by Crippen LogP contribution is -2.76. The van der Waals surface area contributed by atoms with Crippen LogP contribution in [0.5, 0.6) is 11.5 Å². The van der Waals surface area contributed by atoms with Gasteiger partial charge in [-0.05, 0) is 76.9 Å². The van der Waals surface area contributed by atoms with Crippen molar-refractivity contribution in [3.8, 4) is 11.5 Å². The molecule has 0 spiro atoms. The number of methoxy groups -OCH3 is 2. The molecule has 2 aliphatic rings. The van der Waals surface area contributed by atoms with Gasteiger partial charge >= 0.3 is 0 Å². The van der Waals surface area contributed by atoms with Crippen LogP contribution in [0.1, 0.15) is 52.7 Å². The van der Waals surface area contributed by atoms with Crippen molar-refractivity contribution in [2.24, 2.45) is 0 Å². The maximum absolute atomic E-state index is 14.8. The summed E-state index contributed by atoms with van der Waals surface area (Å²) in [7, 11) is 3.36. The number of nitrogens with zero attached hydrogens (tertiary/aromatic N) is 2.